The van der Waals surface area contributed by atoms with Gasteiger partial charge in [0, 0.05) is 11.1 Å². The molecule has 4 aromatic rings. The van der Waals surface area contributed by atoms with Crippen molar-refractivity contribution in [3.63, 3.8) is 0 Å². The highest BCUT2D eigenvalue weighted by molar-refractivity contribution is 5.98. The first-order valence-electron chi connectivity index (χ1n) is 7.68. The Morgan fingerprint density at radius 1 is 0.800 bits per heavy atom. The minimum absolute atomic E-state index is 0.234. The number of fused-ring (bicyclic) bond motifs is 2. The van der Waals surface area contributed by atoms with Gasteiger partial charge in [-0.3, -0.25) is 0 Å². The van der Waals surface area contributed by atoms with Crippen LogP contribution in [0.3, 0.4) is 0 Å². The zero-order valence-corrected chi connectivity index (χ0v) is 13.0. The molecule has 124 valence electrons. The summed E-state index contributed by atoms with van der Waals surface area (Å²) in [7, 11) is 0. The molecule has 0 fully saturated rings. The second-order valence-electron chi connectivity index (χ2n) is 5.89. The van der Waals surface area contributed by atoms with Crippen molar-refractivity contribution >= 4 is 27.4 Å². The molecule has 4 rings (SSSR count). The lowest BCUT2D eigenvalue weighted by Crippen LogP contribution is -2.08. The van der Waals surface area contributed by atoms with Crippen LogP contribution in [0, 0.1) is 0 Å². The van der Waals surface area contributed by atoms with Gasteiger partial charge in [-0.25, -0.2) is 4.98 Å². The molecule has 0 atom stereocenters. The number of benzene rings is 3. The summed E-state index contributed by atoms with van der Waals surface area (Å²) < 4.78 is 39.8. The first-order chi connectivity index (χ1) is 11.9. The number of alkyl halides is 3. The van der Waals surface area contributed by atoms with Crippen LogP contribution < -0.4 is 5.73 Å². The molecule has 2 nitrogen and oxygen atoms in total. The van der Waals surface area contributed by atoms with Crippen molar-refractivity contribution in [1.82, 2.24) is 4.98 Å². The Hall–Kier alpha value is -3.08. The molecule has 0 spiro atoms. The van der Waals surface area contributed by atoms with Gasteiger partial charge in [0.25, 0.3) is 0 Å². The second-order valence-corrected chi connectivity index (χ2v) is 5.89. The molecule has 0 bridgehead atoms. The van der Waals surface area contributed by atoms with Crippen molar-refractivity contribution in [2.75, 3.05) is 5.73 Å². The van der Waals surface area contributed by atoms with Gasteiger partial charge in [-0.2, -0.15) is 13.2 Å². The van der Waals surface area contributed by atoms with Crippen molar-refractivity contribution in [3.8, 4) is 11.1 Å². The summed E-state index contributed by atoms with van der Waals surface area (Å²) in [5.41, 5.74) is 6.61. The Morgan fingerprint density at radius 2 is 1.56 bits per heavy atom. The molecule has 1 aromatic heterocycles. The number of hydrogen-bond acceptors (Lipinski definition) is 2. The van der Waals surface area contributed by atoms with Crippen molar-refractivity contribution in [2.24, 2.45) is 0 Å². The third-order valence-electron chi connectivity index (χ3n) is 4.18. The number of nitrogens with two attached hydrogens (primary N) is 1. The van der Waals surface area contributed by atoms with Gasteiger partial charge in [-0.05, 0) is 46.2 Å². The molecule has 0 aliphatic rings. The largest absolute Gasteiger partial charge is 0.433 e. The van der Waals surface area contributed by atoms with Gasteiger partial charge < -0.3 is 5.73 Å². The highest BCUT2D eigenvalue weighted by atomic mass is 19.4. The third-order valence-corrected chi connectivity index (χ3v) is 4.18. The van der Waals surface area contributed by atoms with Gasteiger partial charge in [-0.15, -0.1) is 0 Å². The van der Waals surface area contributed by atoms with E-state index in [1.165, 1.54) is 6.07 Å². The van der Waals surface area contributed by atoms with Crippen LogP contribution in [0.2, 0.25) is 0 Å². The van der Waals surface area contributed by atoms with Crippen LogP contribution in [-0.4, -0.2) is 4.98 Å². The van der Waals surface area contributed by atoms with Crippen LogP contribution in [-0.2, 0) is 6.18 Å². The smallest absolute Gasteiger partial charge is 0.399 e. The number of rotatable bonds is 1. The topological polar surface area (TPSA) is 38.9 Å². The van der Waals surface area contributed by atoms with E-state index in [9.17, 15) is 13.2 Å². The fourth-order valence-electron chi connectivity index (χ4n) is 2.99. The number of nitrogen functional groups attached to an aromatic ring is 1. The lowest BCUT2D eigenvalue weighted by atomic mass is 9.97. The van der Waals surface area contributed by atoms with Crippen molar-refractivity contribution in [3.05, 3.63) is 72.4 Å². The molecular formula is C20H13F3N2. The van der Waals surface area contributed by atoms with Crippen LogP contribution in [0.15, 0.2) is 66.7 Å². The highest BCUT2D eigenvalue weighted by Gasteiger charge is 2.33. The fraction of sp³-hybridized carbons (Fsp3) is 0.0500. The number of anilines is 1. The van der Waals surface area contributed by atoms with Crippen molar-refractivity contribution in [2.45, 2.75) is 6.18 Å². The summed E-state index contributed by atoms with van der Waals surface area (Å²) in [5, 5.41) is 2.64. The minimum atomic E-state index is -4.52. The minimum Gasteiger partial charge on any atom is -0.399 e. The van der Waals surface area contributed by atoms with E-state index in [0.29, 0.717) is 22.2 Å². The molecule has 5 heteroatoms. The first-order valence-corrected chi connectivity index (χ1v) is 7.68. The molecule has 0 unspecified atom stereocenters. The van der Waals surface area contributed by atoms with E-state index >= 15 is 0 Å². The molecule has 0 radical (unpaired) electrons. The van der Waals surface area contributed by atoms with Crippen molar-refractivity contribution < 1.29 is 13.2 Å². The maximum Gasteiger partial charge on any atom is 0.433 e. The second kappa shape index (κ2) is 5.48. The zero-order valence-electron chi connectivity index (χ0n) is 13.0. The Labute approximate surface area is 141 Å². The molecule has 1 heterocycles. The van der Waals surface area contributed by atoms with E-state index in [2.05, 4.69) is 4.98 Å². The van der Waals surface area contributed by atoms with E-state index in [0.717, 1.165) is 16.8 Å². The van der Waals surface area contributed by atoms with Crippen molar-refractivity contribution in [1.29, 1.82) is 0 Å². The van der Waals surface area contributed by atoms with E-state index < -0.39 is 11.9 Å². The maximum absolute atomic E-state index is 13.3. The first kappa shape index (κ1) is 15.4. The molecule has 0 saturated carbocycles. The van der Waals surface area contributed by atoms with Crippen LogP contribution in [0.1, 0.15) is 5.69 Å². The van der Waals surface area contributed by atoms with Gasteiger partial charge in [0.1, 0.15) is 5.69 Å². The summed E-state index contributed by atoms with van der Waals surface area (Å²) in [6.45, 7) is 0. The summed E-state index contributed by atoms with van der Waals surface area (Å²) in [6.07, 6.45) is -4.52. The molecule has 0 aliphatic carbocycles. The predicted molar refractivity (Wildman–Crippen MR) is 94.1 cm³/mol. The van der Waals surface area contributed by atoms with Gasteiger partial charge in [0.15, 0.2) is 0 Å². The van der Waals surface area contributed by atoms with Crippen LogP contribution in [0.5, 0.6) is 0 Å². The average molecular weight is 338 g/mol. The number of halogens is 3. The van der Waals surface area contributed by atoms with E-state index in [1.807, 2.05) is 42.5 Å². The van der Waals surface area contributed by atoms with Crippen LogP contribution >= 0.6 is 0 Å². The molecule has 0 saturated heterocycles. The zero-order chi connectivity index (χ0) is 17.6. The SMILES string of the molecule is Nc1ccc2c(-c3ccc4ccccc4c3)cc(C(F)(F)F)nc2c1. The quantitative estimate of drug-likeness (QED) is 0.455. The normalized spacial score (nSPS) is 12.0. The van der Waals surface area contributed by atoms with Gasteiger partial charge >= 0.3 is 6.18 Å². The predicted octanol–water partition coefficient (Wildman–Crippen LogP) is 5.66. The van der Waals surface area contributed by atoms with Gasteiger partial charge in [-0.1, -0.05) is 42.5 Å². The Morgan fingerprint density at radius 3 is 2.32 bits per heavy atom. The van der Waals surface area contributed by atoms with Crippen LogP contribution in [0.4, 0.5) is 18.9 Å². The molecule has 25 heavy (non-hydrogen) atoms. The summed E-state index contributed by atoms with van der Waals surface area (Å²) in [6, 6.07) is 19.3. The third kappa shape index (κ3) is 2.78. The molecule has 0 aliphatic heterocycles. The maximum atomic E-state index is 13.3. The monoisotopic (exact) mass is 338 g/mol. The fourth-order valence-corrected chi connectivity index (χ4v) is 2.99. The highest BCUT2D eigenvalue weighted by Crippen LogP contribution is 2.36. The average Bonchev–Trinajstić information content (AvgIpc) is 2.59. The molecular weight excluding hydrogens is 325 g/mol. The summed E-state index contributed by atoms with van der Waals surface area (Å²) in [4.78, 5) is 3.75. The molecule has 3 aromatic carbocycles. The summed E-state index contributed by atoms with van der Waals surface area (Å²) in [5.74, 6) is 0. The summed E-state index contributed by atoms with van der Waals surface area (Å²) >= 11 is 0. The lowest BCUT2D eigenvalue weighted by Gasteiger charge is -2.13. The standard InChI is InChI=1S/C20H13F3N2/c21-20(22,23)19-11-17(16-8-7-15(24)10-18(16)25-19)14-6-5-12-3-1-2-4-13(12)9-14/h1-11H,24H2. The van der Waals surface area contributed by atoms with Crippen LogP contribution in [0.25, 0.3) is 32.8 Å². The van der Waals surface area contributed by atoms with E-state index in [1.54, 1.807) is 12.1 Å². The lowest BCUT2D eigenvalue weighted by molar-refractivity contribution is -0.140. The van der Waals surface area contributed by atoms with Gasteiger partial charge in [0.05, 0.1) is 5.52 Å². The van der Waals surface area contributed by atoms with Gasteiger partial charge in [0.2, 0.25) is 0 Å². The van der Waals surface area contributed by atoms with E-state index in [4.69, 9.17) is 5.73 Å². The molecule has 0 amide bonds. The molecule has 2 N–H and O–H groups in total. The number of pyridine rings is 1. The van der Waals surface area contributed by atoms with E-state index in [-0.39, 0.29) is 5.52 Å². The number of aromatic nitrogens is 1. The Kier molecular flexibility index (Phi) is 3.39. The number of hydrogen-bond donors (Lipinski definition) is 1. The Balaban J connectivity index is 2.04. The Bertz CT molecular complexity index is 1100. The number of nitrogens with zero attached hydrogens (tertiary/aromatic N) is 1.